The van der Waals surface area contributed by atoms with Crippen molar-refractivity contribution in [2.24, 2.45) is 0 Å². The van der Waals surface area contributed by atoms with Gasteiger partial charge in [-0.2, -0.15) is 0 Å². The van der Waals surface area contributed by atoms with Crippen molar-refractivity contribution in [3.63, 3.8) is 0 Å². The Morgan fingerprint density at radius 1 is 0.926 bits per heavy atom. The second kappa shape index (κ2) is 11.9. The number of benzene rings is 1. The Morgan fingerprint density at radius 3 is 2.07 bits per heavy atom. The lowest BCUT2D eigenvalue weighted by Gasteiger charge is -2.17. The molecular weight excluding hydrogens is 340 g/mol. The molecule has 1 aromatic rings. The van der Waals surface area contributed by atoms with Gasteiger partial charge in [0.05, 0.1) is 13.2 Å². The van der Waals surface area contributed by atoms with E-state index in [1.54, 1.807) is 7.11 Å². The van der Waals surface area contributed by atoms with Crippen LogP contribution in [0.25, 0.3) is 0 Å². The highest BCUT2D eigenvalue weighted by Gasteiger charge is 2.21. The third-order valence-electron chi connectivity index (χ3n) is 5.48. The van der Waals surface area contributed by atoms with E-state index in [-0.39, 0.29) is 11.9 Å². The van der Waals surface area contributed by atoms with Crippen LogP contribution in [0.1, 0.15) is 99.9 Å². The lowest BCUT2D eigenvalue weighted by atomic mass is 9.98. The van der Waals surface area contributed by atoms with Gasteiger partial charge >= 0.3 is 5.97 Å². The highest BCUT2D eigenvalue weighted by Crippen LogP contribution is 2.30. The smallest absolute Gasteiger partial charge is 0.342 e. The molecule has 0 saturated heterocycles. The second-order valence-electron chi connectivity index (χ2n) is 7.82. The fraction of sp³-hybridized carbons (Fsp3) is 0.696. The molecule has 1 atom stereocenters. The van der Waals surface area contributed by atoms with Gasteiger partial charge in [0.1, 0.15) is 17.1 Å². The first-order chi connectivity index (χ1) is 13.1. The predicted molar refractivity (Wildman–Crippen MR) is 109 cm³/mol. The van der Waals surface area contributed by atoms with Crippen molar-refractivity contribution in [2.45, 2.75) is 96.5 Å². The van der Waals surface area contributed by atoms with Crippen LogP contribution in [0.15, 0.2) is 12.1 Å². The summed E-state index contributed by atoms with van der Waals surface area (Å²) in [5, 5.41) is 10.4. The van der Waals surface area contributed by atoms with Crippen LogP contribution in [-0.2, 0) is 11.2 Å². The third kappa shape index (κ3) is 7.43. The molecule has 4 nitrogen and oxygen atoms in total. The molecule has 0 amide bonds. The van der Waals surface area contributed by atoms with E-state index in [2.05, 4.69) is 0 Å². The fourth-order valence-corrected chi connectivity index (χ4v) is 3.85. The van der Waals surface area contributed by atoms with E-state index in [9.17, 15) is 9.90 Å². The number of fused-ring (bicyclic) bond motifs is 1. The Bertz CT molecular complexity index is 582. The molecule has 152 valence electrons. The van der Waals surface area contributed by atoms with Crippen LogP contribution in [0, 0.1) is 0 Å². The highest BCUT2D eigenvalue weighted by atomic mass is 16.5. The van der Waals surface area contributed by atoms with Crippen LogP contribution in [-0.4, -0.2) is 24.3 Å². The zero-order valence-corrected chi connectivity index (χ0v) is 17.1. The summed E-state index contributed by atoms with van der Waals surface area (Å²) in [6.45, 7) is 1.94. The van der Waals surface area contributed by atoms with E-state index in [0.717, 1.165) is 37.7 Å². The van der Waals surface area contributed by atoms with Crippen molar-refractivity contribution in [1.29, 1.82) is 0 Å². The number of aryl methyl sites for hydroxylation is 1. The molecule has 1 aliphatic rings. The molecule has 2 rings (SSSR count). The molecule has 27 heavy (non-hydrogen) atoms. The minimum absolute atomic E-state index is 0.0454. The van der Waals surface area contributed by atoms with Gasteiger partial charge in [-0.1, -0.05) is 57.8 Å². The van der Waals surface area contributed by atoms with Crippen LogP contribution in [0.4, 0.5) is 0 Å². The summed E-state index contributed by atoms with van der Waals surface area (Å²) in [6, 6.07) is 3.36. The molecular formula is C23H36O4. The Balaban J connectivity index is 2.11. The van der Waals surface area contributed by atoms with E-state index in [4.69, 9.17) is 9.47 Å². The Morgan fingerprint density at radius 2 is 1.48 bits per heavy atom. The first-order valence-electron chi connectivity index (χ1n) is 10.7. The fourth-order valence-electron chi connectivity index (χ4n) is 3.85. The number of phenolic OH excluding ortho intramolecular Hbond substituents is 1. The van der Waals surface area contributed by atoms with E-state index < -0.39 is 5.97 Å². The molecule has 0 spiro atoms. The Kier molecular flexibility index (Phi) is 9.51. The van der Waals surface area contributed by atoms with Crippen LogP contribution < -0.4 is 4.74 Å². The topological polar surface area (TPSA) is 55.8 Å². The zero-order valence-electron chi connectivity index (χ0n) is 17.1. The summed E-state index contributed by atoms with van der Waals surface area (Å²) in [4.78, 5) is 12.7. The van der Waals surface area contributed by atoms with Crippen molar-refractivity contribution in [3.05, 3.63) is 23.3 Å². The second-order valence-corrected chi connectivity index (χ2v) is 7.82. The van der Waals surface area contributed by atoms with Crippen LogP contribution >= 0.6 is 0 Å². The van der Waals surface area contributed by atoms with Gasteiger partial charge in [0, 0.05) is 6.07 Å². The van der Waals surface area contributed by atoms with Gasteiger partial charge < -0.3 is 14.6 Å². The van der Waals surface area contributed by atoms with Crippen LogP contribution in [0.2, 0.25) is 0 Å². The number of rotatable bonds is 1. The van der Waals surface area contributed by atoms with Crippen molar-refractivity contribution in [1.82, 2.24) is 0 Å². The number of phenols is 1. The predicted octanol–water partition coefficient (Wildman–Crippen LogP) is 6.18. The third-order valence-corrected chi connectivity index (χ3v) is 5.48. The number of ether oxygens (including phenoxy) is 2. The Labute approximate surface area is 164 Å². The minimum Gasteiger partial charge on any atom is -0.507 e. The first-order valence-corrected chi connectivity index (χ1v) is 10.7. The lowest BCUT2D eigenvalue weighted by Crippen LogP contribution is -2.17. The number of hydrogen-bond acceptors (Lipinski definition) is 4. The monoisotopic (exact) mass is 376 g/mol. The minimum atomic E-state index is -0.418. The van der Waals surface area contributed by atoms with E-state index >= 15 is 0 Å². The quantitative estimate of drug-likeness (QED) is 0.594. The number of esters is 1. The molecule has 0 fully saturated rings. The van der Waals surface area contributed by atoms with Crippen molar-refractivity contribution >= 4 is 5.97 Å². The zero-order chi connectivity index (χ0) is 19.5. The number of carbonyl (C=O) groups is 1. The summed E-state index contributed by atoms with van der Waals surface area (Å²) < 4.78 is 10.9. The molecule has 1 unspecified atom stereocenters. The van der Waals surface area contributed by atoms with Gasteiger partial charge in [0.15, 0.2) is 0 Å². The van der Waals surface area contributed by atoms with Gasteiger partial charge in [-0.15, -0.1) is 0 Å². The summed E-state index contributed by atoms with van der Waals surface area (Å²) in [5.41, 5.74) is 1.13. The normalized spacial score (nSPS) is 21.4. The van der Waals surface area contributed by atoms with Gasteiger partial charge in [-0.3, -0.25) is 0 Å². The molecule has 1 aromatic carbocycles. The number of cyclic esters (lactones) is 1. The first kappa shape index (κ1) is 21.6. The molecule has 1 N–H and O–H groups in total. The van der Waals surface area contributed by atoms with Gasteiger partial charge in [-0.25, -0.2) is 4.79 Å². The highest BCUT2D eigenvalue weighted by molar-refractivity contribution is 5.94. The standard InChI is InChI=1S/C23H36O4/c1-18-14-12-10-8-6-4-3-5-7-9-11-13-15-19-16-20(26-2)17-21(24)22(19)23(25)27-18/h16-18,24H,3-15H2,1-2H3. The van der Waals surface area contributed by atoms with E-state index in [1.165, 1.54) is 57.4 Å². The number of aromatic hydroxyl groups is 1. The summed E-state index contributed by atoms with van der Waals surface area (Å²) in [7, 11) is 1.57. The van der Waals surface area contributed by atoms with E-state index in [1.807, 2.05) is 13.0 Å². The van der Waals surface area contributed by atoms with Gasteiger partial charge in [0.2, 0.25) is 0 Å². The number of carbonyl (C=O) groups excluding carboxylic acids is 1. The maximum Gasteiger partial charge on any atom is 0.342 e. The molecule has 0 bridgehead atoms. The van der Waals surface area contributed by atoms with Crippen molar-refractivity contribution in [3.8, 4) is 11.5 Å². The number of hydrogen-bond donors (Lipinski definition) is 1. The maximum absolute atomic E-state index is 12.7. The molecule has 1 aliphatic heterocycles. The average molecular weight is 377 g/mol. The molecule has 0 radical (unpaired) electrons. The van der Waals surface area contributed by atoms with E-state index in [0.29, 0.717) is 11.3 Å². The van der Waals surface area contributed by atoms with Gasteiger partial charge in [-0.05, 0) is 44.2 Å². The van der Waals surface area contributed by atoms with Crippen molar-refractivity contribution < 1.29 is 19.4 Å². The summed E-state index contributed by atoms with van der Waals surface area (Å²) in [5.74, 6) is 0.115. The molecule has 0 saturated carbocycles. The van der Waals surface area contributed by atoms with Crippen molar-refractivity contribution in [2.75, 3.05) is 7.11 Å². The summed E-state index contributed by atoms with van der Waals surface area (Å²) >= 11 is 0. The maximum atomic E-state index is 12.7. The largest absolute Gasteiger partial charge is 0.507 e. The Hall–Kier alpha value is -1.71. The molecule has 1 heterocycles. The molecule has 4 heteroatoms. The summed E-state index contributed by atoms with van der Waals surface area (Å²) in [6.07, 6.45) is 15.0. The molecule has 0 aromatic heterocycles. The van der Waals surface area contributed by atoms with Crippen LogP contribution in [0.3, 0.4) is 0 Å². The van der Waals surface area contributed by atoms with Gasteiger partial charge in [0.25, 0.3) is 0 Å². The number of methoxy groups -OCH3 is 1. The van der Waals surface area contributed by atoms with Crippen LogP contribution in [0.5, 0.6) is 11.5 Å². The lowest BCUT2D eigenvalue weighted by molar-refractivity contribution is 0.0315. The molecule has 0 aliphatic carbocycles. The average Bonchev–Trinajstić information content (AvgIpc) is 2.64. The SMILES string of the molecule is COc1cc(O)c2c(c1)CCCCCCCCCCCCCC(C)OC2=O.